The van der Waals surface area contributed by atoms with E-state index in [4.69, 9.17) is 4.74 Å². The molecule has 2 aromatic rings. The molecule has 23 heavy (non-hydrogen) atoms. The van der Waals surface area contributed by atoms with Crippen molar-refractivity contribution >= 4 is 32.9 Å². The molecule has 8 heteroatoms. The Bertz CT molecular complexity index is 712. The van der Waals surface area contributed by atoms with Gasteiger partial charge in [-0.3, -0.25) is 4.72 Å². The molecule has 0 aliphatic rings. The molecule has 2 rings (SSSR count). The molecule has 0 saturated carbocycles. The van der Waals surface area contributed by atoms with Crippen LogP contribution in [0.1, 0.15) is 18.2 Å². The number of nitrogens with zero attached hydrogens (tertiary/aromatic N) is 1. The van der Waals surface area contributed by atoms with Gasteiger partial charge < -0.3 is 10.1 Å². The molecular formula is C15H21N3O3S2. The van der Waals surface area contributed by atoms with Crippen molar-refractivity contribution in [3.05, 3.63) is 35.3 Å². The number of anilines is 2. The smallest absolute Gasteiger partial charge is 0.271 e. The van der Waals surface area contributed by atoms with Gasteiger partial charge in [0.25, 0.3) is 10.0 Å². The van der Waals surface area contributed by atoms with Crippen molar-refractivity contribution in [2.75, 3.05) is 30.3 Å². The van der Waals surface area contributed by atoms with Crippen molar-refractivity contribution in [3.63, 3.8) is 0 Å². The van der Waals surface area contributed by atoms with E-state index in [1.54, 1.807) is 25.3 Å². The zero-order valence-electron chi connectivity index (χ0n) is 13.2. The second kappa shape index (κ2) is 8.28. The zero-order chi connectivity index (χ0) is 16.7. The summed E-state index contributed by atoms with van der Waals surface area (Å²) in [5.74, 6) is 0.702. The van der Waals surface area contributed by atoms with Gasteiger partial charge in [0.1, 0.15) is 10.0 Å². The van der Waals surface area contributed by atoms with E-state index in [0.29, 0.717) is 22.3 Å². The van der Waals surface area contributed by atoms with Gasteiger partial charge >= 0.3 is 0 Å². The summed E-state index contributed by atoms with van der Waals surface area (Å²) < 4.78 is 32.4. The molecule has 0 radical (unpaired) electrons. The van der Waals surface area contributed by atoms with E-state index in [1.165, 1.54) is 17.5 Å². The summed E-state index contributed by atoms with van der Waals surface area (Å²) >= 11 is 1.28. The molecule has 0 spiro atoms. The normalized spacial score (nSPS) is 11.4. The summed E-state index contributed by atoms with van der Waals surface area (Å²) in [5.41, 5.74) is 0.443. The molecule has 0 atom stereocenters. The van der Waals surface area contributed by atoms with Crippen LogP contribution in [-0.4, -0.2) is 33.7 Å². The Balaban J connectivity index is 1.97. The van der Waals surface area contributed by atoms with Gasteiger partial charge in [-0.05, 0) is 37.1 Å². The van der Waals surface area contributed by atoms with Crippen LogP contribution in [0.2, 0.25) is 0 Å². The van der Waals surface area contributed by atoms with Crippen molar-refractivity contribution in [2.45, 2.75) is 24.0 Å². The summed E-state index contributed by atoms with van der Waals surface area (Å²) in [5, 5.41) is 3.15. The Labute approximate surface area is 141 Å². The van der Waals surface area contributed by atoms with Crippen LogP contribution in [0.4, 0.5) is 11.5 Å². The minimum atomic E-state index is -3.55. The molecule has 0 unspecified atom stereocenters. The third kappa shape index (κ3) is 5.19. The SMILES string of the molecule is CCc1ccc(S(=O)(=O)Nc2ccc(NCCCOC)nc2)s1. The number of pyridine rings is 1. The largest absolute Gasteiger partial charge is 0.385 e. The maximum atomic E-state index is 12.3. The van der Waals surface area contributed by atoms with Crippen molar-refractivity contribution in [2.24, 2.45) is 0 Å². The standard InChI is InChI=1S/C15H21N3O3S2/c1-3-13-6-8-15(22-13)23(19,20)18-12-5-7-14(17-11-12)16-9-4-10-21-2/h5-8,11,18H,3-4,9-10H2,1-2H3,(H,16,17). The van der Waals surface area contributed by atoms with E-state index >= 15 is 0 Å². The Hall–Kier alpha value is -1.64. The average Bonchev–Trinajstić information content (AvgIpc) is 3.03. The second-order valence-corrected chi connectivity index (χ2v) is 7.96. The number of hydrogen-bond acceptors (Lipinski definition) is 6. The van der Waals surface area contributed by atoms with Gasteiger partial charge in [-0.2, -0.15) is 0 Å². The average molecular weight is 355 g/mol. The van der Waals surface area contributed by atoms with Crippen LogP contribution in [0.15, 0.2) is 34.7 Å². The number of aryl methyl sites for hydroxylation is 1. The fourth-order valence-corrected chi connectivity index (χ4v) is 4.23. The number of thiophene rings is 1. The number of hydrogen-bond donors (Lipinski definition) is 2. The van der Waals surface area contributed by atoms with E-state index in [1.807, 2.05) is 13.0 Å². The van der Waals surface area contributed by atoms with Gasteiger partial charge in [0.2, 0.25) is 0 Å². The topological polar surface area (TPSA) is 80.3 Å². The van der Waals surface area contributed by atoms with Crippen molar-refractivity contribution in [1.82, 2.24) is 4.98 Å². The molecule has 0 bridgehead atoms. The molecule has 2 heterocycles. The molecule has 0 amide bonds. The van der Waals surface area contributed by atoms with Crippen molar-refractivity contribution in [3.8, 4) is 0 Å². The molecule has 2 aromatic heterocycles. The monoisotopic (exact) mass is 355 g/mol. The van der Waals surface area contributed by atoms with Gasteiger partial charge in [0.05, 0.1) is 11.9 Å². The van der Waals surface area contributed by atoms with E-state index < -0.39 is 10.0 Å². The van der Waals surface area contributed by atoms with Crippen LogP contribution >= 0.6 is 11.3 Å². The van der Waals surface area contributed by atoms with Crippen LogP contribution in [-0.2, 0) is 21.2 Å². The van der Waals surface area contributed by atoms with E-state index in [0.717, 1.165) is 24.3 Å². The lowest BCUT2D eigenvalue weighted by Crippen LogP contribution is -2.12. The van der Waals surface area contributed by atoms with Gasteiger partial charge in [0, 0.05) is 25.1 Å². The maximum absolute atomic E-state index is 12.3. The molecular weight excluding hydrogens is 334 g/mol. The van der Waals surface area contributed by atoms with Gasteiger partial charge in [-0.1, -0.05) is 6.92 Å². The minimum absolute atomic E-state index is 0.316. The third-order valence-corrected chi connectivity index (χ3v) is 6.20. The highest BCUT2D eigenvalue weighted by Crippen LogP contribution is 2.24. The number of rotatable bonds is 9. The first-order valence-electron chi connectivity index (χ1n) is 7.35. The van der Waals surface area contributed by atoms with E-state index in [-0.39, 0.29) is 0 Å². The minimum Gasteiger partial charge on any atom is -0.385 e. The highest BCUT2D eigenvalue weighted by Gasteiger charge is 2.16. The molecule has 0 aliphatic heterocycles. The summed E-state index contributed by atoms with van der Waals surface area (Å²) in [4.78, 5) is 5.24. The summed E-state index contributed by atoms with van der Waals surface area (Å²) in [6.45, 7) is 3.43. The fourth-order valence-electron chi connectivity index (χ4n) is 1.89. The first kappa shape index (κ1) is 17.7. The van der Waals surface area contributed by atoms with E-state index in [9.17, 15) is 8.42 Å². The number of aromatic nitrogens is 1. The summed E-state index contributed by atoms with van der Waals surface area (Å²) in [6, 6.07) is 6.91. The maximum Gasteiger partial charge on any atom is 0.271 e. The third-order valence-electron chi connectivity index (χ3n) is 3.10. The molecule has 0 saturated heterocycles. The van der Waals surface area contributed by atoms with Crippen LogP contribution in [0, 0.1) is 0 Å². The van der Waals surface area contributed by atoms with Crippen LogP contribution < -0.4 is 10.0 Å². The van der Waals surface area contributed by atoms with Gasteiger partial charge in [-0.15, -0.1) is 11.3 Å². The first-order chi connectivity index (χ1) is 11.0. The highest BCUT2D eigenvalue weighted by molar-refractivity contribution is 7.94. The summed E-state index contributed by atoms with van der Waals surface area (Å²) in [6.07, 6.45) is 3.21. The molecule has 0 aromatic carbocycles. The zero-order valence-corrected chi connectivity index (χ0v) is 14.8. The first-order valence-corrected chi connectivity index (χ1v) is 9.65. The van der Waals surface area contributed by atoms with Crippen molar-refractivity contribution in [1.29, 1.82) is 0 Å². The van der Waals surface area contributed by atoms with Crippen molar-refractivity contribution < 1.29 is 13.2 Å². The lowest BCUT2D eigenvalue weighted by atomic mass is 10.4. The van der Waals surface area contributed by atoms with Gasteiger partial charge in [-0.25, -0.2) is 13.4 Å². The Morgan fingerprint density at radius 1 is 1.26 bits per heavy atom. The predicted molar refractivity (Wildman–Crippen MR) is 93.7 cm³/mol. The molecule has 6 nitrogen and oxygen atoms in total. The molecule has 126 valence electrons. The highest BCUT2D eigenvalue weighted by atomic mass is 32.2. The molecule has 0 fully saturated rings. The Morgan fingerprint density at radius 2 is 2.09 bits per heavy atom. The quantitative estimate of drug-likeness (QED) is 0.676. The lowest BCUT2D eigenvalue weighted by molar-refractivity contribution is 0.198. The second-order valence-electron chi connectivity index (χ2n) is 4.89. The fraction of sp³-hybridized carbons (Fsp3) is 0.400. The van der Waals surface area contributed by atoms with Crippen LogP contribution in [0.5, 0.6) is 0 Å². The number of sulfonamides is 1. The number of nitrogens with one attached hydrogen (secondary N) is 2. The Kier molecular flexibility index (Phi) is 6.37. The Morgan fingerprint density at radius 3 is 2.70 bits per heavy atom. The number of methoxy groups -OCH3 is 1. The molecule has 0 aliphatic carbocycles. The van der Waals surface area contributed by atoms with Gasteiger partial charge in [0.15, 0.2) is 0 Å². The summed E-state index contributed by atoms with van der Waals surface area (Å²) in [7, 11) is -1.89. The number of ether oxygens (including phenoxy) is 1. The van der Waals surface area contributed by atoms with Crippen LogP contribution in [0.3, 0.4) is 0 Å². The van der Waals surface area contributed by atoms with E-state index in [2.05, 4.69) is 15.0 Å². The van der Waals surface area contributed by atoms with Crippen LogP contribution in [0.25, 0.3) is 0 Å². The lowest BCUT2D eigenvalue weighted by Gasteiger charge is -2.08. The predicted octanol–water partition coefficient (Wildman–Crippen LogP) is 2.95. The molecule has 2 N–H and O–H groups in total.